The van der Waals surface area contributed by atoms with Crippen LogP contribution in [0.25, 0.3) is 0 Å². The predicted molar refractivity (Wildman–Crippen MR) is 112 cm³/mol. The fourth-order valence-electron chi connectivity index (χ4n) is 5.23. The maximum atomic E-state index is 13.0. The highest BCUT2D eigenvalue weighted by Gasteiger charge is 2.42. The number of piperidine rings is 1. The van der Waals surface area contributed by atoms with Crippen molar-refractivity contribution < 1.29 is 14.3 Å². The molecule has 0 saturated carbocycles. The lowest BCUT2D eigenvalue weighted by atomic mass is 9.78. The molecular formula is C24H32N2O3. The van der Waals surface area contributed by atoms with Crippen LogP contribution in [0.15, 0.2) is 42.5 Å². The molecule has 0 bridgehead atoms. The second-order valence-corrected chi connectivity index (χ2v) is 8.77. The summed E-state index contributed by atoms with van der Waals surface area (Å²) in [5.41, 5.74) is 0. The van der Waals surface area contributed by atoms with Crippen LogP contribution in [0.1, 0.15) is 32.6 Å². The Morgan fingerprint density at radius 1 is 1.00 bits per heavy atom. The summed E-state index contributed by atoms with van der Waals surface area (Å²) >= 11 is 0. The number of rotatable bonds is 5. The van der Waals surface area contributed by atoms with Gasteiger partial charge in [0.25, 0.3) is 0 Å². The molecule has 29 heavy (non-hydrogen) atoms. The fraction of sp³-hybridized carbons (Fsp3) is 0.583. The summed E-state index contributed by atoms with van der Waals surface area (Å²) in [5.74, 6) is 2.85. The highest BCUT2D eigenvalue weighted by atomic mass is 16.5. The maximum absolute atomic E-state index is 13.0. The van der Waals surface area contributed by atoms with Crippen molar-refractivity contribution in [2.45, 2.75) is 32.6 Å². The lowest BCUT2D eigenvalue weighted by molar-refractivity contribution is -0.134. The number of likely N-dealkylation sites (tertiary alicyclic amines) is 2. The van der Waals surface area contributed by atoms with Crippen molar-refractivity contribution in [1.29, 1.82) is 0 Å². The third-order valence-electron chi connectivity index (χ3n) is 6.96. The van der Waals surface area contributed by atoms with Gasteiger partial charge >= 0.3 is 0 Å². The normalized spacial score (nSPS) is 25.6. The lowest BCUT2D eigenvalue weighted by Gasteiger charge is -2.36. The molecule has 2 amide bonds. The van der Waals surface area contributed by atoms with Crippen molar-refractivity contribution in [2.24, 2.45) is 23.7 Å². The van der Waals surface area contributed by atoms with Crippen molar-refractivity contribution in [2.75, 3.05) is 32.8 Å². The summed E-state index contributed by atoms with van der Waals surface area (Å²) in [7, 11) is 0. The Kier molecular flexibility index (Phi) is 6.22. The quantitative estimate of drug-likeness (QED) is 0.717. The van der Waals surface area contributed by atoms with Gasteiger partial charge in [0.2, 0.25) is 11.8 Å². The van der Waals surface area contributed by atoms with E-state index in [-0.39, 0.29) is 11.8 Å². The Balaban J connectivity index is 1.42. The van der Waals surface area contributed by atoms with Crippen molar-refractivity contribution in [3.63, 3.8) is 0 Å². The second kappa shape index (κ2) is 9.02. The Morgan fingerprint density at radius 3 is 2.34 bits per heavy atom. The van der Waals surface area contributed by atoms with Crippen molar-refractivity contribution >= 4 is 11.8 Å². The first kappa shape index (κ1) is 20.0. The molecule has 1 aliphatic carbocycles. The first-order chi connectivity index (χ1) is 14.1. The van der Waals surface area contributed by atoms with Gasteiger partial charge in [0.15, 0.2) is 0 Å². The Morgan fingerprint density at radius 2 is 1.69 bits per heavy atom. The molecule has 0 radical (unpaired) electrons. The van der Waals surface area contributed by atoms with Crippen LogP contribution in [-0.4, -0.2) is 54.4 Å². The van der Waals surface area contributed by atoms with Crippen LogP contribution >= 0.6 is 0 Å². The van der Waals surface area contributed by atoms with Crippen LogP contribution in [0, 0.1) is 23.7 Å². The average Bonchev–Trinajstić information content (AvgIpc) is 3.43. The summed E-state index contributed by atoms with van der Waals surface area (Å²) in [6, 6.07) is 9.94. The largest absolute Gasteiger partial charge is 0.493 e. The van der Waals surface area contributed by atoms with E-state index in [1.165, 1.54) is 0 Å². The van der Waals surface area contributed by atoms with Crippen molar-refractivity contribution in [3.8, 4) is 5.75 Å². The molecule has 2 atom stereocenters. The van der Waals surface area contributed by atoms with E-state index in [0.29, 0.717) is 30.3 Å². The monoisotopic (exact) mass is 396 g/mol. The molecule has 5 nitrogen and oxygen atoms in total. The minimum absolute atomic E-state index is 0.129. The van der Waals surface area contributed by atoms with Gasteiger partial charge in [-0.3, -0.25) is 9.59 Å². The zero-order chi connectivity index (χ0) is 20.2. The fourth-order valence-corrected chi connectivity index (χ4v) is 5.23. The molecule has 2 aliphatic heterocycles. The lowest BCUT2D eigenvalue weighted by Crippen LogP contribution is -2.41. The number of hydrogen-bond donors (Lipinski definition) is 0. The highest BCUT2D eigenvalue weighted by molar-refractivity contribution is 5.80. The molecule has 2 heterocycles. The van der Waals surface area contributed by atoms with Crippen LogP contribution in [0.4, 0.5) is 0 Å². The van der Waals surface area contributed by atoms with Gasteiger partial charge in [-0.25, -0.2) is 0 Å². The van der Waals surface area contributed by atoms with E-state index < -0.39 is 0 Å². The Labute approximate surface area is 173 Å². The van der Waals surface area contributed by atoms with E-state index in [0.717, 1.165) is 57.6 Å². The number of carbonyl (C=O) groups is 2. The summed E-state index contributed by atoms with van der Waals surface area (Å²) in [6.07, 6.45) is 8.07. The molecule has 4 rings (SSSR count). The number of ether oxygens (including phenoxy) is 1. The zero-order valence-electron chi connectivity index (χ0n) is 17.3. The van der Waals surface area contributed by atoms with Gasteiger partial charge in [0, 0.05) is 44.9 Å². The topological polar surface area (TPSA) is 49.9 Å². The van der Waals surface area contributed by atoms with Crippen molar-refractivity contribution in [1.82, 2.24) is 9.80 Å². The van der Waals surface area contributed by atoms with Gasteiger partial charge in [0.1, 0.15) is 5.75 Å². The molecule has 0 N–H and O–H groups in total. The second-order valence-electron chi connectivity index (χ2n) is 8.77. The summed E-state index contributed by atoms with van der Waals surface area (Å²) in [6.45, 7) is 5.60. The van der Waals surface area contributed by atoms with E-state index in [2.05, 4.69) is 17.1 Å². The van der Waals surface area contributed by atoms with Crippen LogP contribution in [0.5, 0.6) is 5.75 Å². The van der Waals surface area contributed by atoms with E-state index in [1.807, 2.05) is 35.2 Å². The number of amides is 2. The minimum Gasteiger partial charge on any atom is -0.493 e. The molecule has 0 spiro atoms. The van der Waals surface area contributed by atoms with E-state index >= 15 is 0 Å². The first-order valence-electron chi connectivity index (χ1n) is 11.0. The summed E-state index contributed by atoms with van der Waals surface area (Å²) < 4.78 is 6.11. The first-order valence-corrected chi connectivity index (χ1v) is 11.0. The van der Waals surface area contributed by atoms with E-state index in [9.17, 15) is 9.59 Å². The number of carbonyl (C=O) groups excluding carboxylic acids is 2. The van der Waals surface area contributed by atoms with Gasteiger partial charge in [-0.05, 0) is 49.7 Å². The maximum Gasteiger partial charge on any atom is 0.226 e. The molecule has 5 heteroatoms. The molecule has 0 unspecified atom stereocenters. The van der Waals surface area contributed by atoms with E-state index in [4.69, 9.17) is 4.74 Å². The summed E-state index contributed by atoms with van der Waals surface area (Å²) in [4.78, 5) is 28.8. The summed E-state index contributed by atoms with van der Waals surface area (Å²) in [5, 5.41) is 0. The minimum atomic E-state index is 0.129. The zero-order valence-corrected chi connectivity index (χ0v) is 17.3. The molecule has 156 valence electrons. The van der Waals surface area contributed by atoms with Gasteiger partial charge in [-0.1, -0.05) is 30.4 Å². The number of para-hydroxylation sites is 1. The van der Waals surface area contributed by atoms with Gasteiger partial charge in [-0.2, -0.15) is 0 Å². The third-order valence-corrected chi connectivity index (χ3v) is 6.96. The Hall–Kier alpha value is -2.30. The number of allylic oxidation sites excluding steroid dienone is 2. The molecule has 1 aromatic rings. The molecule has 2 fully saturated rings. The average molecular weight is 397 g/mol. The van der Waals surface area contributed by atoms with Crippen LogP contribution in [0.2, 0.25) is 0 Å². The highest BCUT2D eigenvalue weighted by Crippen LogP contribution is 2.37. The third kappa shape index (κ3) is 4.65. The smallest absolute Gasteiger partial charge is 0.226 e. The predicted octanol–water partition coefficient (Wildman–Crippen LogP) is 3.36. The molecule has 3 aliphatic rings. The standard InChI is InChI=1S/C24H32N2O3/c1-18(27)25-13-11-19(12-14-25)23-16-26(24(28)20-7-5-6-8-20)15-21(23)17-29-22-9-3-2-4-10-22/h2-6,9-10,19-21,23H,7-8,11-17H2,1H3/t21-,23-/m0/s1. The number of nitrogens with zero attached hydrogens (tertiary/aromatic N) is 2. The number of hydrogen-bond acceptors (Lipinski definition) is 3. The van der Waals surface area contributed by atoms with Crippen molar-refractivity contribution in [3.05, 3.63) is 42.5 Å². The SMILES string of the molecule is CC(=O)N1CCC([C@@H]2CN(C(=O)C3CC=CC3)C[C@H]2COc2ccccc2)CC1. The number of benzene rings is 1. The van der Waals surface area contributed by atoms with Gasteiger partial charge in [0.05, 0.1) is 6.61 Å². The Bertz CT molecular complexity index is 732. The van der Waals surface area contributed by atoms with Gasteiger partial charge in [-0.15, -0.1) is 0 Å². The molecule has 0 aromatic heterocycles. The van der Waals surface area contributed by atoms with E-state index in [1.54, 1.807) is 6.92 Å². The molecule has 2 saturated heterocycles. The van der Waals surface area contributed by atoms with Gasteiger partial charge < -0.3 is 14.5 Å². The molecular weight excluding hydrogens is 364 g/mol. The molecule has 1 aromatic carbocycles. The van der Waals surface area contributed by atoms with Crippen LogP contribution in [0.3, 0.4) is 0 Å². The van der Waals surface area contributed by atoms with Crippen LogP contribution < -0.4 is 4.74 Å². The van der Waals surface area contributed by atoms with Crippen LogP contribution in [-0.2, 0) is 9.59 Å².